The third-order valence-electron chi connectivity index (χ3n) is 8.21. The molecule has 2 aliphatic carbocycles. The van der Waals surface area contributed by atoms with E-state index < -0.39 is 6.10 Å². The Morgan fingerprint density at radius 1 is 1.21 bits per heavy atom. The number of fused-ring (bicyclic) bond motifs is 1. The van der Waals surface area contributed by atoms with Crippen LogP contribution in [0.1, 0.15) is 52.0 Å². The number of hydrogen-bond acceptors (Lipinski definition) is 5. The highest BCUT2D eigenvalue weighted by atomic mass is 16.5. The molecule has 0 heterocycles. The number of rotatable bonds is 8. The van der Waals surface area contributed by atoms with Crippen LogP contribution in [0.2, 0.25) is 0 Å². The quantitative estimate of drug-likeness (QED) is 0.554. The molecule has 2 aliphatic rings. The van der Waals surface area contributed by atoms with Gasteiger partial charge >= 0.3 is 0 Å². The highest BCUT2D eigenvalue weighted by Crippen LogP contribution is 2.55. The van der Waals surface area contributed by atoms with Crippen molar-refractivity contribution in [1.29, 1.82) is 0 Å². The fraction of sp³-hybridized carbons (Fsp3) is 0.692. The van der Waals surface area contributed by atoms with E-state index in [1.165, 1.54) is 7.11 Å². The summed E-state index contributed by atoms with van der Waals surface area (Å²) in [4.78, 5) is 25.1. The minimum atomic E-state index is -0.590. The van der Waals surface area contributed by atoms with Crippen LogP contribution in [-0.4, -0.2) is 49.9 Å². The lowest BCUT2D eigenvalue weighted by Crippen LogP contribution is -2.58. The maximum Gasteiger partial charge on any atom is 0.246 e. The minimum Gasteiger partial charge on any atom is -0.496 e. The van der Waals surface area contributed by atoms with Crippen molar-refractivity contribution in [2.45, 2.75) is 65.1 Å². The number of carbonyl (C=O) groups excluding carboxylic acids is 2. The first kappa shape index (κ1) is 25.5. The number of para-hydroxylation sites is 1. The van der Waals surface area contributed by atoms with Crippen molar-refractivity contribution in [3.63, 3.8) is 0 Å². The molecule has 2 amide bonds. The molecular weight excluding hydrogens is 420 g/mol. The molecule has 0 aromatic heterocycles. The summed E-state index contributed by atoms with van der Waals surface area (Å²) < 4.78 is 10.3. The molecule has 7 heteroatoms. The molecule has 0 saturated heterocycles. The van der Waals surface area contributed by atoms with Crippen LogP contribution in [0, 0.1) is 29.1 Å². The Balaban J connectivity index is 1.67. The fourth-order valence-electron chi connectivity index (χ4n) is 6.26. The normalized spacial score (nSPS) is 32.4. The fourth-order valence-corrected chi connectivity index (χ4v) is 6.26. The number of aliphatic hydroxyl groups is 1. The van der Waals surface area contributed by atoms with Crippen LogP contribution in [0.25, 0.3) is 0 Å². The zero-order valence-electron chi connectivity index (χ0n) is 20.6. The predicted molar refractivity (Wildman–Crippen MR) is 127 cm³/mol. The monoisotopic (exact) mass is 460 g/mol. The maximum absolute atomic E-state index is 13.0. The second-order valence-electron chi connectivity index (χ2n) is 10.2. The van der Waals surface area contributed by atoms with E-state index in [-0.39, 0.29) is 53.5 Å². The molecule has 33 heavy (non-hydrogen) atoms. The summed E-state index contributed by atoms with van der Waals surface area (Å²) in [6.45, 7) is 6.73. The van der Waals surface area contributed by atoms with Crippen LogP contribution < -0.4 is 15.4 Å². The van der Waals surface area contributed by atoms with Crippen molar-refractivity contribution in [1.82, 2.24) is 10.6 Å². The van der Waals surface area contributed by atoms with E-state index in [0.29, 0.717) is 6.54 Å². The number of carbonyl (C=O) groups is 2. The summed E-state index contributed by atoms with van der Waals surface area (Å²) in [5, 5.41) is 17.6. The van der Waals surface area contributed by atoms with E-state index in [4.69, 9.17) is 9.47 Å². The molecular formula is C26H40N2O5. The Labute approximate surface area is 197 Å². The van der Waals surface area contributed by atoms with Crippen LogP contribution in [-0.2, 0) is 20.9 Å². The van der Waals surface area contributed by atoms with E-state index in [1.54, 1.807) is 7.11 Å². The van der Waals surface area contributed by atoms with Crippen LogP contribution in [0.15, 0.2) is 24.3 Å². The summed E-state index contributed by atoms with van der Waals surface area (Å²) >= 11 is 0. The highest BCUT2D eigenvalue weighted by molar-refractivity contribution is 5.79. The van der Waals surface area contributed by atoms with Crippen molar-refractivity contribution in [2.24, 2.45) is 29.1 Å². The van der Waals surface area contributed by atoms with Crippen molar-refractivity contribution in [2.75, 3.05) is 20.8 Å². The number of amides is 2. The lowest BCUT2D eigenvalue weighted by Gasteiger charge is -2.56. The Kier molecular flexibility index (Phi) is 8.40. The second-order valence-corrected chi connectivity index (χ2v) is 10.2. The van der Waals surface area contributed by atoms with Crippen LogP contribution in [0.3, 0.4) is 0 Å². The number of benzene rings is 1. The third kappa shape index (κ3) is 5.52. The van der Waals surface area contributed by atoms with Gasteiger partial charge in [-0.2, -0.15) is 0 Å². The number of aliphatic hydroxyl groups excluding tert-OH is 1. The summed E-state index contributed by atoms with van der Waals surface area (Å²) in [6.07, 6.45) is 3.07. The smallest absolute Gasteiger partial charge is 0.246 e. The molecule has 1 aromatic rings. The molecule has 7 nitrogen and oxygen atoms in total. The van der Waals surface area contributed by atoms with E-state index in [2.05, 4.69) is 24.5 Å². The number of methoxy groups -OCH3 is 2. The molecule has 0 unspecified atom stereocenters. The van der Waals surface area contributed by atoms with Crippen molar-refractivity contribution in [3.8, 4) is 5.75 Å². The van der Waals surface area contributed by atoms with Crippen LogP contribution in [0.4, 0.5) is 0 Å². The zero-order chi connectivity index (χ0) is 24.2. The third-order valence-corrected chi connectivity index (χ3v) is 8.21. The average Bonchev–Trinajstić information content (AvgIpc) is 2.79. The lowest BCUT2D eigenvalue weighted by atomic mass is 9.51. The lowest BCUT2D eigenvalue weighted by molar-refractivity contribution is -0.144. The first-order valence-corrected chi connectivity index (χ1v) is 12.1. The molecule has 2 saturated carbocycles. The van der Waals surface area contributed by atoms with E-state index in [0.717, 1.165) is 37.0 Å². The van der Waals surface area contributed by atoms with E-state index in [9.17, 15) is 14.7 Å². The Morgan fingerprint density at radius 3 is 2.61 bits per heavy atom. The largest absolute Gasteiger partial charge is 0.496 e. The Bertz CT molecular complexity index is 831. The van der Waals surface area contributed by atoms with Gasteiger partial charge in [-0.3, -0.25) is 9.59 Å². The van der Waals surface area contributed by atoms with Gasteiger partial charge < -0.3 is 25.2 Å². The Hall–Kier alpha value is -2.12. The number of ether oxygens (including phenoxy) is 2. The van der Waals surface area contributed by atoms with Crippen molar-refractivity contribution < 1.29 is 24.2 Å². The molecule has 0 bridgehead atoms. The first-order valence-electron chi connectivity index (χ1n) is 12.1. The van der Waals surface area contributed by atoms with Gasteiger partial charge in [0.1, 0.15) is 12.4 Å². The standard InChI is InChI=1S/C26H40N2O5/c1-16(25(31)27-14-18-8-6-7-9-21(18)33-5)19-10-12-26(3)13-11-20(28-22(29)15-32-4)17(2)23(26)24(19)30/h6-9,16-17,19-20,23-24,30H,10-15H2,1-5H3,(H,27,31)(H,28,29)/t16-,17+,19+,20-,23+,24-,26-/m0/s1. The van der Waals surface area contributed by atoms with Gasteiger partial charge in [-0.25, -0.2) is 0 Å². The Morgan fingerprint density at radius 2 is 1.91 bits per heavy atom. The molecule has 7 atom stereocenters. The van der Waals surface area contributed by atoms with Gasteiger partial charge in [-0.05, 0) is 54.9 Å². The number of hydrogen-bond donors (Lipinski definition) is 3. The summed E-state index contributed by atoms with van der Waals surface area (Å²) in [5.74, 6) is 0.294. The van der Waals surface area contributed by atoms with Crippen molar-refractivity contribution in [3.05, 3.63) is 29.8 Å². The van der Waals surface area contributed by atoms with Gasteiger partial charge in [0, 0.05) is 31.2 Å². The summed E-state index contributed by atoms with van der Waals surface area (Å²) in [7, 11) is 3.13. The molecule has 0 radical (unpaired) electrons. The summed E-state index contributed by atoms with van der Waals surface area (Å²) in [5.41, 5.74) is 0.943. The van der Waals surface area contributed by atoms with Gasteiger partial charge in [0.25, 0.3) is 0 Å². The molecule has 2 fully saturated rings. The van der Waals surface area contributed by atoms with Gasteiger partial charge in [-0.15, -0.1) is 0 Å². The molecule has 0 spiro atoms. The summed E-state index contributed by atoms with van der Waals surface area (Å²) in [6, 6.07) is 7.65. The zero-order valence-corrected chi connectivity index (χ0v) is 20.6. The average molecular weight is 461 g/mol. The van der Waals surface area contributed by atoms with E-state index >= 15 is 0 Å². The van der Waals surface area contributed by atoms with Gasteiger partial charge in [0.15, 0.2) is 0 Å². The SMILES string of the molecule is COCC(=O)N[C@H]1CC[C@]2(C)CC[C@H]([C@H](C)C(=O)NCc3ccccc3OC)[C@H](O)[C@H]2[C@@H]1C. The van der Waals surface area contributed by atoms with Crippen LogP contribution in [0.5, 0.6) is 5.75 Å². The maximum atomic E-state index is 13.0. The van der Waals surface area contributed by atoms with E-state index in [1.807, 2.05) is 31.2 Å². The molecule has 1 aromatic carbocycles. The van der Waals surface area contributed by atoms with Gasteiger partial charge in [-0.1, -0.05) is 39.0 Å². The number of nitrogens with one attached hydrogen (secondary N) is 2. The minimum absolute atomic E-state index is 0.00815. The van der Waals surface area contributed by atoms with Crippen LogP contribution >= 0.6 is 0 Å². The topological polar surface area (TPSA) is 96.9 Å². The molecule has 3 rings (SSSR count). The predicted octanol–water partition coefficient (Wildman–Crippen LogP) is 2.90. The molecule has 184 valence electrons. The highest BCUT2D eigenvalue weighted by Gasteiger charge is 2.53. The molecule has 3 N–H and O–H groups in total. The van der Waals surface area contributed by atoms with Gasteiger partial charge in [0.2, 0.25) is 11.8 Å². The molecule has 0 aliphatic heterocycles. The first-order chi connectivity index (χ1) is 15.7. The van der Waals surface area contributed by atoms with Crippen molar-refractivity contribution >= 4 is 11.8 Å². The second kappa shape index (κ2) is 10.9. The van der Waals surface area contributed by atoms with Gasteiger partial charge in [0.05, 0.1) is 13.2 Å².